The van der Waals surface area contributed by atoms with Gasteiger partial charge in [0.05, 0.1) is 0 Å². The average Bonchev–Trinajstić information content (AvgIpc) is 2.33. The Balaban J connectivity index is 2.38. The highest BCUT2D eigenvalue weighted by Crippen LogP contribution is 2.13. The molecule has 0 saturated heterocycles. The van der Waals surface area contributed by atoms with Gasteiger partial charge in [-0.25, -0.2) is 9.97 Å². The van der Waals surface area contributed by atoms with Gasteiger partial charge in [0.1, 0.15) is 0 Å². The Kier molecular flexibility index (Phi) is 5.69. The van der Waals surface area contributed by atoms with Gasteiger partial charge in [-0.3, -0.25) is 4.79 Å². The Hall–Kier alpha value is -1.36. The maximum absolute atomic E-state index is 11.7. The van der Waals surface area contributed by atoms with Crippen LogP contribution in [0.2, 0.25) is 5.15 Å². The molecule has 0 aliphatic rings. The average molecular weight is 257 g/mol. The van der Waals surface area contributed by atoms with Crippen molar-refractivity contribution in [1.82, 2.24) is 14.9 Å². The van der Waals surface area contributed by atoms with Gasteiger partial charge in [-0.05, 0) is 13.8 Å². The summed E-state index contributed by atoms with van der Waals surface area (Å²) >= 11 is 5.83. The zero-order valence-corrected chi connectivity index (χ0v) is 10.9. The van der Waals surface area contributed by atoms with Gasteiger partial charge < -0.3 is 10.2 Å². The van der Waals surface area contributed by atoms with Gasteiger partial charge in [0.2, 0.25) is 5.91 Å². The van der Waals surface area contributed by atoms with Crippen LogP contribution >= 0.6 is 11.6 Å². The van der Waals surface area contributed by atoms with Gasteiger partial charge in [-0.2, -0.15) is 0 Å². The lowest BCUT2D eigenvalue weighted by atomic mass is 10.3. The van der Waals surface area contributed by atoms with Crippen molar-refractivity contribution in [3.05, 3.63) is 17.5 Å². The molecule has 1 rings (SSSR count). The third-order valence-corrected chi connectivity index (χ3v) is 2.68. The molecule has 0 unspecified atom stereocenters. The zero-order valence-electron chi connectivity index (χ0n) is 10.1. The summed E-state index contributed by atoms with van der Waals surface area (Å²) in [5, 5.41) is 3.32. The second-order valence-corrected chi connectivity index (χ2v) is 3.80. The number of anilines is 1. The monoisotopic (exact) mass is 256 g/mol. The first-order chi connectivity index (χ1) is 8.19. The van der Waals surface area contributed by atoms with Gasteiger partial charge in [-0.1, -0.05) is 11.6 Å². The molecule has 0 aliphatic heterocycles. The van der Waals surface area contributed by atoms with Gasteiger partial charge in [-0.15, -0.1) is 0 Å². The van der Waals surface area contributed by atoms with Crippen molar-refractivity contribution in [1.29, 1.82) is 0 Å². The Bertz CT molecular complexity index is 368. The predicted octanol–water partition coefficient (Wildman–Crippen LogP) is 1.80. The normalized spacial score (nSPS) is 10.1. The van der Waals surface area contributed by atoms with E-state index < -0.39 is 0 Å². The van der Waals surface area contributed by atoms with Crippen molar-refractivity contribution < 1.29 is 4.79 Å². The standard InChI is InChI=1S/C11H17ClN4O/c1-3-16(4-2)9(17)5-6-14-11-10(12)13-7-8-15-11/h7-8H,3-6H2,1-2H3,(H,14,15). The largest absolute Gasteiger partial charge is 0.367 e. The van der Waals surface area contributed by atoms with Gasteiger partial charge >= 0.3 is 0 Å². The maximum atomic E-state index is 11.7. The summed E-state index contributed by atoms with van der Waals surface area (Å²) in [4.78, 5) is 21.4. The minimum absolute atomic E-state index is 0.127. The van der Waals surface area contributed by atoms with Crippen LogP contribution in [0.1, 0.15) is 20.3 Å². The van der Waals surface area contributed by atoms with E-state index in [0.29, 0.717) is 23.9 Å². The van der Waals surface area contributed by atoms with Crippen LogP contribution in [0.5, 0.6) is 0 Å². The van der Waals surface area contributed by atoms with E-state index in [4.69, 9.17) is 11.6 Å². The van der Waals surface area contributed by atoms with Crippen molar-refractivity contribution in [3.8, 4) is 0 Å². The van der Waals surface area contributed by atoms with E-state index in [1.165, 1.54) is 6.20 Å². The summed E-state index contributed by atoms with van der Waals surface area (Å²) in [6, 6.07) is 0. The minimum atomic E-state index is 0.127. The number of nitrogens with zero attached hydrogens (tertiary/aromatic N) is 3. The molecule has 5 nitrogen and oxygen atoms in total. The highest BCUT2D eigenvalue weighted by Gasteiger charge is 2.09. The third-order valence-electron chi connectivity index (χ3n) is 2.40. The fourth-order valence-electron chi connectivity index (χ4n) is 1.46. The molecule has 0 saturated carbocycles. The van der Waals surface area contributed by atoms with Gasteiger partial charge in [0.25, 0.3) is 0 Å². The molecule has 1 aromatic rings. The number of aromatic nitrogens is 2. The van der Waals surface area contributed by atoms with Crippen molar-refractivity contribution in [2.75, 3.05) is 25.0 Å². The maximum Gasteiger partial charge on any atom is 0.224 e. The molecule has 1 heterocycles. The highest BCUT2D eigenvalue weighted by molar-refractivity contribution is 6.31. The number of rotatable bonds is 6. The van der Waals surface area contributed by atoms with E-state index in [0.717, 1.165) is 13.1 Å². The van der Waals surface area contributed by atoms with Crippen LogP contribution in [0.3, 0.4) is 0 Å². The molecule has 1 N–H and O–H groups in total. The molecular formula is C11H17ClN4O. The number of carbonyl (C=O) groups excluding carboxylic acids is 1. The molecule has 17 heavy (non-hydrogen) atoms. The van der Waals surface area contributed by atoms with Crippen molar-refractivity contribution in [2.24, 2.45) is 0 Å². The van der Waals surface area contributed by atoms with Gasteiger partial charge in [0, 0.05) is 38.4 Å². The van der Waals surface area contributed by atoms with Crippen LogP contribution in [-0.2, 0) is 4.79 Å². The number of nitrogens with one attached hydrogen (secondary N) is 1. The van der Waals surface area contributed by atoms with Crippen molar-refractivity contribution in [2.45, 2.75) is 20.3 Å². The first-order valence-corrected chi connectivity index (χ1v) is 6.05. The van der Waals surface area contributed by atoms with Crippen LogP contribution in [0, 0.1) is 0 Å². The molecule has 0 aliphatic carbocycles. The summed E-state index contributed by atoms with van der Waals surface area (Å²) in [6.07, 6.45) is 3.50. The third kappa shape index (κ3) is 4.19. The first kappa shape index (κ1) is 13.7. The van der Waals surface area contributed by atoms with E-state index in [-0.39, 0.29) is 5.91 Å². The Morgan fingerprint density at radius 2 is 2.00 bits per heavy atom. The molecule has 1 amide bonds. The predicted molar refractivity (Wildman–Crippen MR) is 68.1 cm³/mol. The SMILES string of the molecule is CCN(CC)C(=O)CCNc1nccnc1Cl. The molecule has 6 heteroatoms. The Labute approximate surface area is 106 Å². The number of carbonyl (C=O) groups is 1. The van der Waals surface area contributed by atoms with Crippen LogP contribution in [-0.4, -0.2) is 40.4 Å². The van der Waals surface area contributed by atoms with E-state index in [1.807, 2.05) is 13.8 Å². The fourth-order valence-corrected chi connectivity index (χ4v) is 1.63. The summed E-state index contributed by atoms with van der Waals surface area (Å²) in [5.74, 6) is 0.643. The second-order valence-electron chi connectivity index (χ2n) is 3.44. The van der Waals surface area contributed by atoms with Crippen LogP contribution in [0.15, 0.2) is 12.4 Å². The molecule has 0 atom stereocenters. The smallest absolute Gasteiger partial charge is 0.224 e. The number of hydrogen-bond acceptors (Lipinski definition) is 4. The quantitative estimate of drug-likeness (QED) is 0.843. The molecule has 0 radical (unpaired) electrons. The summed E-state index contributed by atoms with van der Waals surface area (Å²) in [5.41, 5.74) is 0. The van der Waals surface area contributed by atoms with Crippen LogP contribution < -0.4 is 5.32 Å². The Morgan fingerprint density at radius 1 is 1.35 bits per heavy atom. The lowest BCUT2D eigenvalue weighted by Gasteiger charge is -2.18. The Morgan fingerprint density at radius 3 is 2.59 bits per heavy atom. The lowest BCUT2D eigenvalue weighted by molar-refractivity contribution is -0.130. The van der Waals surface area contributed by atoms with E-state index in [2.05, 4.69) is 15.3 Å². The highest BCUT2D eigenvalue weighted by atomic mass is 35.5. The molecule has 0 aromatic carbocycles. The molecule has 94 valence electrons. The fraction of sp³-hybridized carbons (Fsp3) is 0.545. The zero-order chi connectivity index (χ0) is 12.7. The first-order valence-electron chi connectivity index (χ1n) is 5.67. The summed E-state index contributed by atoms with van der Waals surface area (Å²) in [7, 11) is 0. The number of halogens is 1. The van der Waals surface area contributed by atoms with Gasteiger partial charge in [0.15, 0.2) is 11.0 Å². The summed E-state index contributed by atoms with van der Waals surface area (Å²) in [6.45, 7) is 5.92. The second kappa shape index (κ2) is 7.06. The van der Waals surface area contributed by atoms with Crippen LogP contribution in [0.4, 0.5) is 5.82 Å². The molecule has 0 spiro atoms. The van der Waals surface area contributed by atoms with Crippen molar-refractivity contribution >= 4 is 23.3 Å². The molecular weight excluding hydrogens is 240 g/mol. The van der Waals surface area contributed by atoms with E-state index in [1.54, 1.807) is 11.1 Å². The molecule has 0 bridgehead atoms. The van der Waals surface area contributed by atoms with E-state index >= 15 is 0 Å². The summed E-state index contributed by atoms with van der Waals surface area (Å²) < 4.78 is 0. The molecule has 1 aromatic heterocycles. The lowest BCUT2D eigenvalue weighted by Crippen LogP contribution is -2.31. The van der Waals surface area contributed by atoms with Crippen molar-refractivity contribution in [3.63, 3.8) is 0 Å². The number of hydrogen-bond donors (Lipinski definition) is 1. The van der Waals surface area contributed by atoms with Crippen LogP contribution in [0.25, 0.3) is 0 Å². The topological polar surface area (TPSA) is 58.1 Å². The minimum Gasteiger partial charge on any atom is -0.367 e. The van der Waals surface area contributed by atoms with E-state index in [9.17, 15) is 4.79 Å². The number of amides is 1. The molecule has 0 fully saturated rings.